The third kappa shape index (κ3) is 3.28. The fraction of sp³-hybridized carbons (Fsp3) is 0.261. The molecule has 3 aromatic rings. The molecule has 6 nitrogen and oxygen atoms in total. The van der Waals surface area contributed by atoms with Crippen molar-refractivity contribution >= 4 is 17.0 Å². The van der Waals surface area contributed by atoms with E-state index >= 15 is 0 Å². The van der Waals surface area contributed by atoms with Crippen LogP contribution >= 0.6 is 0 Å². The van der Waals surface area contributed by atoms with Gasteiger partial charge in [-0.3, -0.25) is 9.39 Å². The van der Waals surface area contributed by atoms with E-state index in [0.29, 0.717) is 34.8 Å². The summed E-state index contributed by atoms with van der Waals surface area (Å²) in [7, 11) is 0. The zero-order valence-corrected chi connectivity index (χ0v) is 17.9. The van der Waals surface area contributed by atoms with E-state index in [-0.39, 0.29) is 0 Å². The molecule has 0 bridgehead atoms. The summed E-state index contributed by atoms with van der Waals surface area (Å²) >= 11 is 0. The van der Waals surface area contributed by atoms with Crippen LogP contribution in [-0.4, -0.2) is 26.9 Å². The number of aryl methyl sites for hydroxylation is 2. The van der Waals surface area contributed by atoms with Crippen LogP contribution in [0.15, 0.2) is 59.0 Å². The third-order valence-electron chi connectivity index (χ3n) is 5.47. The Morgan fingerprint density at radius 2 is 1.97 bits per heavy atom. The molecule has 31 heavy (non-hydrogen) atoms. The summed E-state index contributed by atoms with van der Waals surface area (Å²) in [4.78, 5) is 6.50. The zero-order valence-electron chi connectivity index (χ0n) is 17.9. The van der Waals surface area contributed by atoms with E-state index in [9.17, 15) is 8.78 Å². The molecule has 1 aliphatic rings. The van der Waals surface area contributed by atoms with Crippen molar-refractivity contribution in [1.29, 1.82) is 0 Å². The van der Waals surface area contributed by atoms with Crippen molar-refractivity contribution in [3.63, 3.8) is 0 Å². The Morgan fingerprint density at radius 1 is 1.23 bits per heavy atom. The molecule has 1 atom stereocenters. The van der Waals surface area contributed by atoms with Crippen molar-refractivity contribution in [3.05, 3.63) is 82.6 Å². The Kier molecular flexibility index (Phi) is 5.08. The van der Waals surface area contributed by atoms with Gasteiger partial charge in [-0.1, -0.05) is 12.6 Å². The summed E-state index contributed by atoms with van der Waals surface area (Å²) in [5.41, 5.74) is 11.3. The van der Waals surface area contributed by atoms with Gasteiger partial charge in [0.15, 0.2) is 5.65 Å². The number of hydrogen-bond acceptors (Lipinski definition) is 5. The quantitative estimate of drug-likeness (QED) is 0.679. The van der Waals surface area contributed by atoms with Crippen LogP contribution in [0.4, 0.5) is 14.5 Å². The number of hydrogen-bond donors (Lipinski definition) is 1. The van der Waals surface area contributed by atoms with Crippen LogP contribution in [0.2, 0.25) is 0 Å². The van der Waals surface area contributed by atoms with Crippen molar-refractivity contribution in [2.45, 2.75) is 33.7 Å². The first-order valence-corrected chi connectivity index (χ1v) is 10.0. The second-order valence-corrected chi connectivity index (χ2v) is 7.63. The number of nitrogens with zero attached hydrogens (tertiary/aromatic N) is 5. The molecule has 2 aromatic heterocycles. The van der Waals surface area contributed by atoms with E-state index in [1.165, 1.54) is 12.1 Å². The summed E-state index contributed by atoms with van der Waals surface area (Å²) in [5.74, 6) is -0.570. The maximum absolute atomic E-state index is 15.0. The van der Waals surface area contributed by atoms with Crippen molar-refractivity contribution in [2.24, 2.45) is 10.7 Å². The average Bonchev–Trinajstić information content (AvgIpc) is 3.21. The van der Waals surface area contributed by atoms with Gasteiger partial charge in [0.05, 0.1) is 23.1 Å². The van der Waals surface area contributed by atoms with E-state index < -0.39 is 17.7 Å². The Hall–Kier alpha value is -3.55. The molecule has 0 radical (unpaired) electrons. The van der Waals surface area contributed by atoms with Crippen molar-refractivity contribution in [3.8, 4) is 0 Å². The Labute approximate surface area is 179 Å². The third-order valence-corrected chi connectivity index (χ3v) is 5.47. The summed E-state index contributed by atoms with van der Waals surface area (Å²) < 4.78 is 30.5. The number of aliphatic imine (C=N–C) groups is 1. The standard InChI is InChI=1S/C23H24F2N6/c1-6-27-21-14(4)31(17-9-12(2)23-29-28-15(5)30(23)11-17)22(20(21)13(3)26)18-8-7-16(24)10-19(18)25/h7-11,22H,4,6,26H2,1-3,5H3. The Balaban J connectivity index is 2.02. The van der Waals surface area contributed by atoms with Crippen LogP contribution < -0.4 is 10.6 Å². The molecule has 4 rings (SSSR count). The van der Waals surface area contributed by atoms with Gasteiger partial charge in [-0.25, -0.2) is 8.78 Å². The molecule has 0 spiro atoms. The van der Waals surface area contributed by atoms with E-state index in [0.717, 1.165) is 28.8 Å². The molecule has 0 saturated carbocycles. The molecule has 1 aliphatic heterocycles. The van der Waals surface area contributed by atoms with Gasteiger partial charge in [0.25, 0.3) is 0 Å². The highest BCUT2D eigenvalue weighted by Crippen LogP contribution is 2.45. The van der Waals surface area contributed by atoms with Gasteiger partial charge in [-0.15, -0.1) is 10.2 Å². The Bertz CT molecular complexity index is 1270. The topological polar surface area (TPSA) is 71.8 Å². The van der Waals surface area contributed by atoms with Gasteiger partial charge in [0, 0.05) is 35.6 Å². The van der Waals surface area contributed by atoms with E-state index in [4.69, 9.17) is 5.73 Å². The van der Waals surface area contributed by atoms with E-state index in [1.807, 2.05) is 42.3 Å². The van der Waals surface area contributed by atoms with Gasteiger partial charge in [0.1, 0.15) is 17.5 Å². The fourth-order valence-electron chi connectivity index (χ4n) is 4.12. The Morgan fingerprint density at radius 3 is 2.61 bits per heavy atom. The van der Waals surface area contributed by atoms with Crippen LogP contribution in [0.1, 0.15) is 36.8 Å². The lowest BCUT2D eigenvalue weighted by Crippen LogP contribution is -2.24. The average molecular weight is 422 g/mol. The molecular weight excluding hydrogens is 398 g/mol. The lowest BCUT2D eigenvalue weighted by Gasteiger charge is -2.28. The van der Waals surface area contributed by atoms with Crippen molar-refractivity contribution in [1.82, 2.24) is 14.6 Å². The lowest BCUT2D eigenvalue weighted by atomic mass is 9.96. The number of allylic oxidation sites excluding steroid dienone is 2. The highest BCUT2D eigenvalue weighted by molar-refractivity contribution is 6.19. The normalized spacial score (nSPS) is 19.7. The second kappa shape index (κ2) is 7.61. The molecule has 0 amide bonds. The number of pyridine rings is 1. The number of rotatable bonds is 3. The molecular formula is C23H24F2N6. The predicted molar refractivity (Wildman–Crippen MR) is 118 cm³/mol. The van der Waals surface area contributed by atoms with Crippen molar-refractivity contribution in [2.75, 3.05) is 11.4 Å². The van der Waals surface area contributed by atoms with Crippen molar-refractivity contribution < 1.29 is 8.78 Å². The number of aromatic nitrogens is 3. The van der Waals surface area contributed by atoms with Gasteiger partial charge >= 0.3 is 0 Å². The summed E-state index contributed by atoms with van der Waals surface area (Å²) in [6.45, 7) is 12.2. The number of anilines is 1. The molecule has 160 valence electrons. The molecule has 1 unspecified atom stereocenters. The number of nitrogens with two attached hydrogens (primary N) is 1. The van der Waals surface area contributed by atoms with Gasteiger partial charge in [-0.2, -0.15) is 0 Å². The monoisotopic (exact) mass is 422 g/mol. The highest BCUT2D eigenvalue weighted by atomic mass is 19.1. The SMILES string of the molecule is C=C1C(=NCC)C(=C(C)N)C(c2ccc(F)cc2F)N1c1cc(C)c2nnc(C)n2c1. The largest absolute Gasteiger partial charge is 0.402 e. The molecule has 3 heterocycles. The fourth-order valence-corrected chi connectivity index (χ4v) is 4.12. The maximum atomic E-state index is 15.0. The lowest BCUT2D eigenvalue weighted by molar-refractivity contribution is 0.565. The molecule has 1 aromatic carbocycles. The first kappa shape index (κ1) is 20.7. The molecule has 1 saturated heterocycles. The minimum absolute atomic E-state index is 0.293. The second-order valence-electron chi connectivity index (χ2n) is 7.63. The molecule has 0 aliphatic carbocycles. The predicted octanol–water partition coefficient (Wildman–Crippen LogP) is 4.39. The number of halogens is 2. The highest BCUT2D eigenvalue weighted by Gasteiger charge is 2.41. The van der Waals surface area contributed by atoms with E-state index in [2.05, 4.69) is 21.8 Å². The summed E-state index contributed by atoms with van der Waals surface area (Å²) in [6, 6.07) is 4.88. The first-order chi connectivity index (χ1) is 14.7. The van der Waals surface area contributed by atoms with Crippen LogP contribution in [0, 0.1) is 25.5 Å². The molecule has 8 heteroatoms. The number of fused-ring (bicyclic) bond motifs is 1. The maximum Gasteiger partial charge on any atom is 0.163 e. The smallest absolute Gasteiger partial charge is 0.163 e. The van der Waals surface area contributed by atoms with Gasteiger partial charge in [-0.05, 0) is 45.4 Å². The molecule has 2 N–H and O–H groups in total. The minimum atomic E-state index is -0.655. The minimum Gasteiger partial charge on any atom is -0.402 e. The van der Waals surface area contributed by atoms with Crippen LogP contribution in [-0.2, 0) is 0 Å². The number of benzene rings is 1. The zero-order chi connectivity index (χ0) is 22.4. The molecule has 1 fully saturated rings. The van der Waals surface area contributed by atoms with Gasteiger partial charge in [0.2, 0.25) is 0 Å². The summed E-state index contributed by atoms with van der Waals surface area (Å²) in [6.07, 6.45) is 1.88. The van der Waals surface area contributed by atoms with E-state index in [1.54, 1.807) is 6.92 Å². The first-order valence-electron chi connectivity index (χ1n) is 10.0. The summed E-state index contributed by atoms with van der Waals surface area (Å²) in [5, 5.41) is 8.36. The van der Waals surface area contributed by atoms with Crippen LogP contribution in [0.3, 0.4) is 0 Å². The van der Waals surface area contributed by atoms with Gasteiger partial charge < -0.3 is 10.6 Å². The van der Waals surface area contributed by atoms with Crippen LogP contribution in [0.25, 0.3) is 5.65 Å². The van der Waals surface area contributed by atoms with Crippen LogP contribution in [0.5, 0.6) is 0 Å².